The van der Waals surface area contributed by atoms with Crippen molar-refractivity contribution in [1.29, 1.82) is 0 Å². The highest BCUT2D eigenvalue weighted by Crippen LogP contribution is 2.47. The van der Waals surface area contributed by atoms with Crippen molar-refractivity contribution in [2.45, 2.75) is 24.6 Å². The fraction of sp³-hybridized carbons (Fsp3) is 0.500. The second-order valence-electron chi connectivity index (χ2n) is 5.39. The van der Waals surface area contributed by atoms with Gasteiger partial charge in [0.2, 0.25) is 5.89 Å². The van der Waals surface area contributed by atoms with Gasteiger partial charge in [0.1, 0.15) is 12.4 Å². The molecule has 0 amide bonds. The summed E-state index contributed by atoms with van der Waals surface area (Å²) in [5.74, 6) is 0.174. The molecule has 0 radical (unpaired) electrons. The van der Waals surface area contributed by atoms with Crippen LogP contribution < -0.4 is 4.90 Å². The molecule has 1 fully saturated rings. The minimum absolute atomic E-state index is 0.00138. The third-order valence-corrected chi connectivity index (χ3v) is 3.94. The van der Waals surface area contributed by atoms with Gasteiger partial charge in [-0.2, -0.15) is 18.2 Å². The van der Waals surface area contributed by atoms with Crippen LogP contribution in [0.2, 0.25) is 0 Å². The van der Waals surface area contributed by atoms with E-state index in [2.05, 4.69) is 15.1 Å². The van der Waals surface area contributed by atoms with Gasteiger partial charge in [-0.1, -0.05) is 11.2 Å². The maximum atomic E-state index is 13.8. The molecule has 23 heavy (non-hydrogen) atoms. The second-order valence-corrected chi connectivity index (χ2v) is 5.39. The Bertz CT molecular complexity index is 662. The van der Waals surface area contributed by atoms with Gasteiger partial charge in [-0.25, -0.2) is 4.98 Å². The molecule has 1 aliphatic rings. The summed E-state index contributed by atoms with van der Waals surface area (Å²) in [6, 6.07) is 5.13. The molecule has 0 spiro atoms. The Morgan fingerprint density at radius 2 is 2.22 bits per heavy atom. The van der Waals surface area contributed by atoms with Crippen molar-refractivity contribution in [3.8, 4) is 0 Å². The Balaban J connectivity index is 1.93. The molecule has 6 nitrogen and oxygen atoms in total. The lowest BCUT2D eigenvalue weighted by atomic mass is 9.86. The summed E-state index contributed by atoms with van der Waals surface area (Å²) in [4.78, 5) is 9.56. The number of methoxy groups -OCH3 is 1. The number of aromatic nitrogens is 3. The number of alkyl halides is 3. The first-order valence-electron chi connectivity index (χ1n) is 7.01. The molecule has 1 aliphatic heterocycles. The van der Waals surface area contributed by atoms with Gasteiger partial charge in [0, 0.05) is 26.4 Å². The molecule has 0 aromatic carbocycles. The van der Waals surface area contributed by atoms with Gasteiger partial charge in [0.25, 0.3) is 0 Å². The number of anilines is 1. The predicted octanol–water partition coefficient (Wildman–Crippen LogP) is 2.32. The molecule has 2 aromatic heterocycles. The Morgan fingerprint density at radius 1 is 1.39 bits per heavy atom. The average molecular weight is 328 g/mol. The molecule has 0 bridgehead atoms. The smallest absolute Gasteiger partial charge is 0.377 e. The predicted molar refractivity (Wildman–Crippen MR) is 73.8 cm³/mol. The van der Waals surface area contributed by atoms with Gasteiger partial charge < -0.3 is 14.2 Å². The Morgan fingerprint density at radius 3 is 2.87 bits per heavy atom. The molecular formula is C14H15F3N4O2. The monoisotopic (exact) mass is 328 g/mol. The van der Waals surface area contributed by atoms with E-state index in [1.807, 2.05) is 0 Å². The minimum atomic E-state index is -4.51. The molecule has 0 saturated carbocycles. The van der Waals surface area contributed by atoms with Crippen LogP contribution in [0.15, 0.2) is 28.9 Å². The van der Waals surface area contributed by atoms with Gasteiger partial charge in [0.05, 0.1) is 0 Å². The molecule has 1 atom stereocenters. The summed E-state index contributed by atoms with van der Waals surface area (Å²) in [6.07, 6.45) is -3.12. The third kappa shape index (κ3) is 2.76. The first-order chi connectivity index (χ1) is 11.0. The third-order valence-electron chi connectivity index (χ3n) is 3.94. The van der Waals surface area contributed by atoms with Crippen molar-refractivity contribution in [2.24, 2.45) is 0 Å². The highest BCUT2D eigenvalue weighted by Gasteiger charge is 2.63. The standard InChI is InChI=1S/C14H15F3N4O2/c1-22-8-10-19-12(23-20-10)13(14(15,16)17)5-7-21(9-13)11-4-2-3-6-18-11/h2-4,6H,5,7-9H2,1H3. The zero-order valence-electron chi connectivity index (χ0n) is 12.4. The van der Waals surface area contributed by atoms with Crippen LogP contribution in [0.25, 0.3) is 0 Å². The van der Waals surface area contributed by atoms with Crippen LogP contribution in [0.3, 0.4) is 0 Å². The van der Waals surface area contributed by atoms with Crippen molar-refractivity contribution in [2.75, 3.05) is 25.1 Å². The van der Waals surface area contributed by atoms with E-state index in [0.717, 1.165) is 0 Å². The van der Waals surface area contributed by atoms with Crippen molar-refractivity contribution in [3.05, 3.63) is 36.1 Å². The first-order valence-corrected chi connectivity index (χ1v) is 7.01. The zero-order chi connectivity index (χ0) is 16.5. The van der Waals surface area contributed by atoms with E-state index in [9.17, 15) is 13.2 Å². The summed E-state index contributed by atoms with van der Waals surface area (Å²) in [7, 11) is 1.41. The van der Waals surface area contributed by atoms with Crippen molar-refractivity contribution in [3.63, 3.8) is 0 Å². The van der Waals surface area contributed by atoms with Gasteiger partial charge in [-0.05, 0) is 18.6 Å². The van der Waals surface area contributed by atoms with Crippen LogP contribution in [0, 0.1) is 0 Å². The number of rotatable bonds is 4. The minimum Gasteiger partial charge on any atom is -0.377 e. The fourth-order valence-electron chi connectivity index (χ4n) is 2.71. The summed E-state index contributed by atoms with van der Waals surface area (Å²) >= 11 is 0. The highest BCUT2D eigenvalue weighted by molar-refractivity contribution is 5.42. The fourth-order valence-corrected chi connectivity index (χ4v) is 2.71. The van der Waals surface area contributed by atoms with Crippen molar-refractivity contribution in [1.82, 2.24) is 15.1 Å². The average Bonchev–Trinajstić information content (AvgIpc) is 3.15. The zero-order valence-corrected chi connectivity index (χ0v) is 12.4. The van der Waals surface area contributed by atoms with Crippen LogP contribution in [-0.4, -0.2) is 41.5 Å². The second kappa shape index (κ2) is 5.80. The van der Waals surface area contributed by atoms with Crippen LogP contribution in [0.5, 0.6) is 0 Å². The summed E-state index contributed by atoms with van der Waals surface area (Å²) in [5.41, 5.74) is -2.19. The number of nitrogens with zero attached hydrogens (tertiary/aromatic N) is 4. The molecule has 9 heteroatoms. The molecule has 3 rings (SSSR count). The molecular weight excluding hydrogens is 313 g/mol. The van der Waals surface area contributed by atoms with E-state index in [0.29, 0.717) is 5.82 Å². The molecule has 0 aliphatic carbocycles. The first kappa shape index (κ1) is 15.7. The van der Waals surface area contributed by atoms with Gasteiger partial charge in [-0.3, -0.25) is 0 Å². The van der Waals surface area contributed by atoms with Gasteiger partial charge in [0.15, 0.2) is 11.2 Å². The maximum Gasteiger partial charge on any atom is 0.405 e. The van der Waals surface area contributed by atoms with E-state index >= 15 is 0 Å². The summed E-state index contributed by atoms with van der Waals surface area (Å²) in [6.45, 7) is -0.0952. The molecule has 0 N–H and O–H groups in total. The van der Waals surface area contributed by atoms with Crippen LogP contribution in [0.1, 0.15) is 18.1 Å². The Labute approximate surface area is 130 Å². The number of halogens is 3. The molecule has 124 valence electrons. The number of hydrogen-bond acceptors (Lipinski definition) is 6. The SMILES string of the molecule is COCc1noc(C2(C(F)(F)F)CCN(c3ccccn3)C2)n1. The highest BCUT2D eigenvalue weighted by atomic mass is 19.4. The van der Waals surface area contributed by atoms with E-state index in [4.69, 9.17) is 9.26 Å². The van der Waals surface area contributed by atoms with Crippen LogP contribution >= 0.6 is 0 Å². The number of ether oxygens (including phenoxy) is 1. The largest absolute Gasteiger partial charge is 0.405 e. The van der Waals surface area contributed by atoms with Crippen molar-refractivity contribution >= 4 is 5.82 Å². The Hall–Kier alpha value is -2.16. The van der Waals surface area contributed by atoms with Crippen LogP contribution in [-0.2, 0) is 16.8 Å². The molecule has 1 saturated heterocycles. The van der Waals surface area contributed by atoms with E-state index in [1.165, 1.54) is 7.11 Å². The lowest BCUT2D eigenvalue weighted by molar-refractivity contribution is -0.191. The van der Waals surface area contributed by atoms with E-state index < -0.39 is 17.5 Å². The summed E-state index contributed by atoms with van der Waals surface area (Å²) < 4.78 is 51.1. The Kier molecular flexibility index (Phi) is 3.97. The van der Waals surface area contributed by atoms with Crippen molar-refractivity contribution < 1.29 is 22.4 Å². The maximum absolute atomic E-state index is 13.8. The quantitative estimate of drug-likeness (QED) is 0.858. The normalized spacial score (nSPS) is 21.8. The van der Waals surface area contributed by atoms with E-state index in [1.54, 1.807) is 29.3 Å². The van der Waals surface area contributed by atoms with Gasteiger partial charge >= 0.3 is 6.18 Å². The lowest BCUT2D eigenvalue weighted by Crippen LogP contribution is -2.45. The number of hydrogen-bond donors (Lipinski definition) is 0. The number of pyridine rings is 1. The van der Waals surface area contributed by atoms with Crippen LogP contribution in [0.4, 0.5) is 19.0 Å². The lowest BCUT2D eigenvalue weighted by Gasteiger charge is -2.28. The molecule has 1 unspecified atom stereocenters. The molecule has 3 heterocycles. The van der Waals surface area contributed by atoms with E-state index in [-0.39, 0.29) is 31.9 Å². The molecule has 2 aromatic rings. The summed E-state index contributed by atoms with van der Waals surface area (Å²) in [5, 5.41) is 3.56. The van der Waals surface area contributed by atoms with Gasteiger partial charge in [-0.15, -0.1) is 0 Å². The topological polar surface area (TPSA) is 64.3 Å².